The van der Waals surface area contributed by atoms with Crippen LogP contribution in [0.5, 0.6) is 0 Å². The summed E-state index contributed by atoms with van der Waals surface area (Å²) in [5.74, 6) is -0.455. The van der Waals surface area contributed by atoms with Gasteiger partial charge in [0, 0.05) is 43.0 Å². The summed E-state index contributed by atoms with van der Waals surface area (Å²) in [5.41, 5.74) is 4.17. The van der Waals surface area contributed by atoms with Gasteiger partial charge in [-0.2, -0.15) is 0 Å². The molecule has 0 bridgehead atoms. The van der Waals surface area contributed by atoms with E-state index in [2.05, 4.69) is 41.5 Å². The van der Waals surface area contributed by atoms with Crippen LogP contribution in [0.15, 0.2) is 54.1 Å². The monoisotopic (exact) mass is 389 g/mol. The van der Waals surface area contributed by atoms with E-state index in [4.69, 9.17) is 0 Å². The Morgan fingerprint density at radius 2 is 1.76 bits per heavy atom. The molecule has 1 fully saturated rings. The van der Waals surface area contributed by atoms with Gasteiger partial charge in [-0.1, -0.05) is 24.3 Å². The zero-order valence-corrected chi connectivity index (χ0v) is 16.9. The van der Waals surface area contributed by atoms with Crippen LogP contribution in [0.4, 0.5) is 11.4 Å². The molecular weight excluding hydrogens is 362 g/mol. The van der Waals surface area contributed by atoms with Crippen molar-refractivity contribution < 1.29 is 9.59 Å². The number of hydrogen-bond donors (Lipinski definition) is 2. The average molecular weight is 389 g/mol. The number of para-hydroxylation sites is 1. The van der Waals surface area contributed by atoms with E-state index < -0.39 is 0 Å². The molecule has 2 aromatic carbocycles. The Kier molecular flexibility index (Phi) is 5.49. The van der Waals surface area contributed by atoms with E-state index in [9.17, 15) is 9.59 Å². The van der Waals surface area contributed by atoms with Crippen LogP contribution in [0.1, 0.15) is 31.4 Å². The third-order valence-corrected chi connectivity index (χ3v) is 5.55. The minimum atomic E-state index is -0.345. The van der Waals surface area contributed by atoms with E-state index in [-0.39, 0.29) is 17.3 Å². The van der Waals surface area contributed by atoms with Crippen molar-refractivity contribution in [2.75, 3.05) is 23.3 Å². The Balaban J connectivity index is 1.59. The topological polar surface area (TPSA) is 61.4 Å². The van der Waals surface area contributed by atoms with E-state index in [1.807, 2.05) is 36.4 Å². The molecular formula is C24H27N3O2. The molecule has 0 aromatic heterocycles. The van der Waals surface area contributed by atoms with Crippen molar-refractivity contribution in [1.82, 2.24) is 5.32 Å². The highest BCUT2D eigenvalue weighted by molar-refractivity contribution is 6.26. The van der Waals surface area contributed by atoms with E-state index in [1.54, 1.807) is 6.08 Å². The molecule has 29 heavy (non-hydrogen) atoms. The number of piperazine rings is 1. The lowest BCUT2D eigenvalue weighted by Gasteiger charge is -2.38. The molecule has 1 saturated heterocycles. The number of benzene rings is 2. The maximum atomic E-state index is 12.7. The minimum Gasteiger partial charge on any atom is -0.368 e. The van der Waals surface area contributed by atoms with E-state index in [0.717, 1.165) is 24.2 Å². The van der Waals surface area contributed by atoms with E-state index >= 15 is 0 Å². The fraction of sp³-hybridized carbons (Fsp3) is 0.333. The number of amides is 1. The van der Waals surface area contributed by atoms with Crippen LogP contribution in [0.3, 0.4) is 0 Å². The fourth-order valence-electron chi connectivity index (χ4n) is 4.21. The average Bonchev–Trinajstić information content (AvgIpc) is 2.86. The van der Waals surface area contributed by atoms with Crippen molar-refractivity contribution in [3.63, 3.8) is 0 Å². The summed E-state index contributed by atoms with van der Waals surface area (Å²) in [5, 5.41) is 6.39. The number of Topliss-reactive ketones (excluding diaryl/α,β-unsaturated/α-hetero) is 1. The standard InChI is InChI=1S/C24H27N3O2/c1-16-14-27(15-17(2)25-16)21-10-8-19-13-22(23(28)11-9-18(19)12-21)24(29)26-20-6-4-3-5-7-20/h3-8,10,12-13,16-17,25H,9,11,14-15H2,1-2H3,(H,26,29)/t16-,17+. The number of fused-ring (bicyclic) bond motifs is 1. The number of hydrogen-bond acceptors (Lipinski definition) is 4. The highest BCUT2D eigenvalue weighted by Gasteiger charge is 2.24. The normalized spacial score (nSPS) is 21.8. The van der Waals surface area contributed by atoms with Crippen LogP contribution in [0, 0.1) is 0 Å². The zero-order chi connectivity index (χ0) is 20.4. The van der Waals surface area contributed by atoms with Gasteiger partial charge >= 0.3 is 0 Å². The molecule has 1 aliphatic heterocycles. The SMILES string of the molecule is C[C@@H]1CN(c2ccc3c(c2)CCC(=O)C(C(=O)Nc2ccccc2)=C3)C[C@H](C)N1. The van der Waals surface area contributed by atoms with Crippen LogP contribution in [0.2, 0.25) is 0 Å². The Morgan fingerprint density at radius 1 is 1.03 bits per heavy atom. The number of carbonyl (C=O) groups excluding carboxylic acids is 2. The number of aryl methyl sites for hydroxylation is 1. The molecule has 0 unspecified atom stereocenters. The third-order valence-electron chi connectivity index (χ3n) is 5.55. The molecule has 2 aromatic rings. The molecule has 2 atom stereocenters. The van der Waals surface area contributed by atoms with Crippen molar-refractivity contribution >= 4 is 29.1 Å². The van der Waals surface area contributed by atoms with Crippen LogP contribution < -0.4 is 15.5 Å². The molecule has 2 aliphatic rings. The first-order valence-corrected chi connectivity index (χ1v) is 10.2. The third kappa shape index (κ3) is 4.40. The maximum Gasteiger partial charge on any atom is 0.259 e. The minimum absolute atomic E-state index is 0.111. The predicted molar refractivity (Wildman–Crippen MR) is 117 cm³/mol. The van der Waals surface area contributed by atoms with Gasteiger partial charge in [0.1, 0.15) is 0 Å². The van der Waals surface area contributed by atoms with Crippen molar-refractivity contribution in [1.29, 1.82) is 0 Å². The number of anilines is 2. The molecule has 150 valence electrons. The quantitative estimate of drug-likeness (QED) is 0.790. The largest absolute Gasteiger partial charge is 0.368 e. The summed E-state index contributed by atoms with van der Waals surface area (Å²) in [4.78, 5) is 27.7. The van der Waals surface area contributed by atoms with Gasteiger partial charge in [0.2, 0.25) is 0 Å². The second kappa shape index (κ2) is 8.21. The van der Waals surface area contributed by atoms with Gasteiger partial charge in [0.05, 0.1) is 5.57 Å². The highest BCUT2D eigenvalue weighted by Crippen LogP contribution is 2.27. The van der Waals surface area contributed by atoms with Gasteiger partial charge in [0.15, 0.2) is 5.78 Å². The second-order valence-electron chi connectivity index (χ2n) is 8.06. The van der Waals surface area contributed by atoms with Crippen molar-refractivity contribution in [3.05, 3.63) is 65.2 Å². The first kappa shape index (κ1) is 19.4. The number of carbonyl (C=O) groups is 2. The lowest BCUT2D eigenvalue weighted by molar-refractivity contribution is -0.119. The molecule has 4 rings (SSSR count). The molecule has 2 N–H and O–H groups in total. The van der Waals surface area contributed by atoms with Gasteiger partial charge in [-0.15, -0.1) is 0 Å². The summed E-state index contributed by atoms with van der Waals surface area (Å²) in [6, 6.07) is 16.4. The van der Waals surface area contributed by atoms with Gasteiger partial charge < -0.3 is 15.5 Å². The molecule has 0 spiro atoms. The Labute approximate surface area is 171 Å². The lowest BCUT2D eigenvalue weighted by atomic mass is 10.0. The molecule has 0 radical (unpaired) electrons. The molecule has 0 saturated carbocycles. The van der Waals surface area contributed by atoms with Crippen LogP contribution in [0.25, 0.3) is 6.08 Å². The number of ketones is 1. The Bertz CT molecular complexity index is 942. The van der Waals surface area contributed by atoms with Gasteiger partial charge in [-0.05, 0) is 61.7 Å². The van der Waals surface area contributed by atoms with Crippen LogP contribution in [-0.2, 0) is 16.0 Å². The molecule has 1 heterocycles. The first-order valence-electron chi connectivity index (χ1n) is 10.2. The maximum absolute atomic E-state index is 12.7. The Morgan fingerprint density at radius 3 is 2.48 bits per heavy atom. The van der Waals surface area contributed by atoms with Crippen LogP contribution >= 0.6 is 0 Å². The first-order chi connectivity index (χ1) is 14.0. The predicted octanol–water partition coefficient (Wildman–Crippen LogP) is 3.41. The summed E-state index contributed by atoms with van der Waals surface area (Å²) in [6.45, 7) is 6.32. The van der Waals surface area contributed by atoms with Crippen molar-refractivity contribution in [2.45, 2.75) is 38.8 Å². The van der Waals surface area contributed by atoms with Crippen molar-refractivity contribution in [3.8, 4) is 0 Å². The summed E-state index contributed by atoms with van der Waals surface area (Å²) in [7, 11) is 0. The van der Waals surface area contributed by atoms with Gasteiger partial charge in [-0.3, -0.25) is 9.59 Å². The van der Waals surface area contributed by atoms with E-state index in [1.165, 1.54) is 5.69 Å². The zero-order valence-electron chi connectivity index (χ0n) is 16.9. The number of rotatable bonds is 3. The highest BCUT2D eigenvalue weighted by atomic mass is 16.2. The molecule has 5 nitrogen and oxygen atoms in total. The summed E-state index contributed by atoms with van der Waals surface area (Å²) in [6.07, 6.45) is 2.74. The second-order valence-corrected chi connectivity index (χ2v) is 8.06. The van der Waals surface area contributed by atoms with Crippen molar-refractivity contribution in [2.24, 2.45) is 0 Å². The van der Waals surface area contributed by atoms with E-state index in [0.29, 0.717) is 30.6 Å². The van der Waals surface area contributed by atoms with Crippen LogP contribution in [-0.4, -0.2) is 36.9 Å². The summed E-state index contributed by atoms with van der Waals surface area (Å²) < 4.78 is 0. The fourth-order valence-corrected chi connectivity index (χ4v) is 4.21. The van der Waals surface area contributed by atoms with Gasteiger partial charge in [-0.25, -0.2) is 0 Å². The smallest absolute Gasteiger partial charge is 0.259 e. The molecule has 1 amide bonds. The Hall–Kier alpha value is -2.92. The number of nitrogens with zero attached hydrogens (tertiary/aromatic N) is 1. The molecule has 1 aliphatic carbocycles. The summed E-state index contributed by atoms with van der Waals surface area (Å²) >= 11 is 0. The molecule has 5 heteroatoms. The number of nitrogens with one attached hydrogen (secondary N) is 2. The van der Waals surface area contributed by atoms with Gasteiger partial charge in [0.25, 0.3) is 5.91 Å². The lowest BCUT2D eigenvalue weighted by Crippen LogP contribution is -2.54.